The molecule has 0 saturated carbocycles. The molecule has 0 radical (unpaired) electrons. The van der Waals surface area contributed by atoms with Gasteiger partial charge in [-0.1, -0.05) is 46.6 Å². The van der Waals surface area contributed by atoms with Crippen molar-refractivity contribution < 1.29 is 32.6 Å². The number of allylic oxidation sites excluding steroid dienone is 7. The fraction of sp³-hybridized carbons (Fsp3) is 0.600. The van der Waals surface area contributed by atoms with Crippen molar-refractivity contribution in [1.29, 1.82) is 0 Å². The fourth-order valence-electron chi connectivity index (χ4n) is 2.41. The van der Waals surface area contributed by atoms with Crippen molar-refractivity contribution in [1.82, 2.24) is 0 Å². The standard InChI is InChI=1S/C20H36O7P2/c1-17(2)9-6-10-18(3)11-7-12-19(4)13-8-14-20(5)15-16-26-29(24,25)27-28(21,22)23/h9,11,13,15H,6-8,10,12,14,16H2,1-5H3,(H,24,25)(H2,21,22,23)/p-2/b18-11+,19-13+,20-15+. The minimum absolute atomic E-state index is 0.355. The van der Waals surface area contributed by atoms with Crippen LogP contribution in [0.4, 0.5) is 0 Å². The maximum Gasteiger partial charge on any atom is 0.274 e. The fourth-order valence-corrected chi connectivity index (χ4v) is 3.86. The molecule has 0 aliphatic heterocycles. The third kappa shape index (κ3) is 19.0. The van der Waals surface area contributed by atoms with Gasteiger partial charge in [0.25, 0.3) is 15.6 Å². The van der Waals surface area contributed by atoms with Gasteiger partial charge in [0.1, 0.15) is 0 Å². The molecular weight excluding hydrogens is 414 g/mol. The van der Waals surface area contributed by atoms with Crippen LogP contribution in [0.5, 0.6) is 0 Å². The van der Waals surface area contributed by atoms with Crippen LogP contribution >= 0.6 is 15.6 Å². The Hall–Kier alpha value is -0.780. The molecule has 168 valence electrons. The molecule has 0 aliphatic carbocycles. The Morgan fingerprint density at radius 1 is 0.793 bits per heavy atom. The molecule has 0 fully saturated rings. The Balaban J connectivity index is 4.20. The van der Waals surface area contributed by atoms with E-state index in [9.17, 15) is 18.9 Å². The molecule has 2 unspecified atom stereocenters. The third-order valence-corrected chi connectivity index (χ3v) is 6.11. The van der Waals surface area contributed by atoms with E-state index in [1.54, 1.807) is 0 Å². The van der Waals surface area contributed by atoms with E-state index in [-0.39, 0.29) is 6.61 Å². The van der Waals surface area contributed by atoms with Gasteiger partial charge in [-0.15, -0.1) is 0 Å². The molecule has 0 heterocycles. The first-order chi connectivity index (χ1) is 13.3. The Morgan fingerprint density at radius 2 is 1.21 bits per heavy atom. The molecule has 0 aromatic carbocycles. The summed E-state index contributed by atoms with van der Waals surface area (Å²) in [6.45, 7) is 9.94. The van der Waals surface area contributed by atoms with Crippen LogP contribution < -0.4 is 9.79 Å². The number of phosphoric ester groups is 1. The lowest BCUT2D eigenvalue weighted by Gasteiger charge is -2.26. The molecule has 1 N–H and O–H groups in total. The predicted molar refractivity (Wildman–Crippen MR) is 113 cm³/mol. The van der Waals surface area contributed by atoms with E-state index in [0.29, 0.717) is 0 Å². The number of hydrogen-bond donors (Lipinski definition) is 1. The summed E-state index contributed by atoms with van der Waals surface area (Å²) in [6, 6.07) is 0. The molecule has 2 atom stereocenters. The van der Waals surface area contributed by atoms with Crippen molar-refractivity contribution in [3.63, 3.8) is 0 Å². The van der Waals surface area contributed by atoms with E-state index < -0.39 is 15.6 Å². The van der Waals surface area contributed by atoms with E-state index in [1.807, 2.05) is 6.92 Å². The highest BCUT2D eigenvalue weighted by Gasteiger charge is 2.15. The Kier molecular flexibility index (Phi) is 13.9. The van der Waals surface area contributed by atoms with E-state index >= 15 is 0 Å². The van der Waals surface area contributed by atoms with Gasteiger partial charge in [-0.3, -0.25) is 9.13 Å². The van der Waals surface area contributed by atoms with E-state index in [2.05, 4.69) is 54.8 Å². The second-order valence-corrected chi connectivity index (χ2v) is 10.1. The second-order valence-electron chi connectivity index (χ2n) is 7.34. The summed E-state index contributed by atoms with van der Waals surface area (Å²) in [5, 5.41) is 0. The van der Waals surface area contributed by atoms with Gasteiger partial charge in [0.2, 0.25) is 0 Å². The number of rotatable bonds is 14. The molecule has 0 aromatic heterocycles. The van der Waals surface area contributed by atoms with Crippen LogP contribution in [0.3, 0.4) is 0 Å². The lowest BCUT2D eigenvalue weighted by Crippen LogP contribution is -2.11. The SMILES string of the molecule is CC(C)=CCC/C(C)=C/CC/C(C)=C/CC/C(C)=C/COP(=O)([O-])OP(=O)([O-])O. The van der Waals surface area contributed by atoms with Crippen LogP contribution in [0.2, 0.25) is 0 Å². The molecule has 0 aliphatic rings. The van der Waals surface area contributed by atoms with Crippen molar-refractivity contribution in [3.8, 4) is 0 Å². The van der Waals surface area contributed by atoms with E-state index in [0.717, 1.165) is 44.1 Å². The predicted octanol–water partition coefficient (Wildman–Crippen LogP) is 5.09. The monoisotopic (exact) mass is 448 g/mol. The van der Waals surface area contributed by atoms with Crippen molar-refractivity contribution >= 4 is 15.6 Å². The summed E-state index contributed by atoms with van der Waals surface area (Å²) in [5.74, 6) is 0. The lowest BCUT2D eigenvalue weighted by atomic mass is 10.0. The average Bonchev–Trinajstić information content (AvgIpc) is 2.51. The normalized spacial score (nSPS) is 17.6. The molecule has 0 spiro atoms. The molecule has 0 saturated heterocycles. The smallest absolute Gasteiger partial charge is 0.274 e. The van der Waals surface area contributed by atoms with Crippen molar-refractivity contribution in [2.45, 2.75) is 73.1 Å². The molecular formula is C20H34O7P2-2. The van der Waals surface area contributed by atoms with Crippen LogP contribution in [0.25, 0.3) is 0 Å². The quantitative estimate of drug-likeness (QED) is 0.290. The van der Waals surface area contributed by atoms with Gasteiger partial charge in [-0.2, -0.15) is 0 Å². The molecule has 9 heteroatoms. The van der Waals surface area contributed by atoms with Crippen LogP contribution in [0.1, 0.15) is 73.1 Å². The second kappa shape index (κ2) is 14.3. The summed E-state index contributed by atoms with van der Waals surface area (Å²) in [5.41, 5.74) is 4.96. The first-order valence-electron chi connectivity index (χ1n) is 9.62. The molecule has 29 heavy (non-hydrogen) atoms. The molecule has 0 aromatic rings. The largest absolute Gasteiger partial charge is 0.756 e. The molecule has 0 rings (SSSR count). The average molecular weight is 448 g/mol. The van der Waals surface area contributed by atoms with Crippen LogP contribution in [0.15, 0.2) is 46.6 Å². The van der Waals surface area contributed by atoms with Crippen molar-refractivity contribution in [3.05, 3.63) is 46.6 Å². The highest BCUT2D eigenvalue weighted by molar-refractivity contribution is 7.59. The zero-order valence-corrected chi connectivity index (χ0v) is 19.8. The van der Waals surface area contributed by atoms with Gasteiger partial charge in [-0.05, 0) is 73.1 Å². The van der Waals surface area contributed by atoms with Crippen molar-refractivity contribution in [2.75, 3.05) is 6.61 Å². The summed E-state index contributed by atoms with van der Waals surface area (Å²) in [6.07, 6.45) is 13.9. The maximum absolute atomic E-state index is 11.2. The van der Waals surface area contributed by atoms with Crippen molar-refractivity contribution in [2.24, 2.45) is 0 Å². The maximum atomic E-state index is 11.2. The summed E-state index contributed by atoms with van der Waals surface area (Å²) in [7, 11) is -10.5. The number of phosphoric acid groups is 2. The summed E-state index contributed by atoms with van der Waals surface area (Å²) >= 11 is 0. The Labute approximate surface area is 175 Å². The van der Waals surface area contributed by atoms with Gasteiger partial charge < -0.3 is 19.2 Å². The Morgan fingerprint density at radius 3 is 1.62 bits per heavy atom. The first kappa shape index (κ1) is 28.2. The zero-order valence-electron chi connectivity index (χ0n) is 18.1. The van der Waals surface area contributed by atoms with Gasteiger partial charge in [0, 0.05) is 0 Å². The highest BCUT2D eigenvalue weighted by atomic mass is 31.3. The van der Waals surface area contributed by atoms with Crippen LogP contribution in [-0.2, 0) is 18.0 Å². The third-order valence-electron chi connectivity index (χ3n) is 4.02. The minimum atomic E-state index is -5.39. The topological polar surface area (TPSA) is 119 Å². The molecule has 0 bridgehead atoms. The summed E-state index contributed by atoms with van der Waals surface area (Å²) < 4.78 is 29.4. The van der Waals surface area contributed by atoms with E-state index in [4.69, 9.17) is 4.89 Å². The zero-order chi connectivity index (χ0) is 22.5. The van der Waals surface area contributed by atoms with Crippen LogP contribution in [0, 0.1) is 0 Å². The Bertz CT molecular complexity index is 710. The molecule has 7 nitrogen and oxygen atoms in total. The van der Waals surface area contributed by atoms with Gasteiger partial charge >= 0.3 is 0 Å². The van der Waals surface area contributed by atoms with Crippen LogP contribution in [-0.4, -0.2) is 11.5 Å². The first-order valence-corrected chi connectivity index (χ1v) is 12.6. The molecule has 0 amide bonds. The van der Waals surface area contributed by atoms with Gasteiger partial charge in [-0.25, -0.2) is 4.31 Å². The summed E-state index contributed by atoms with van der Waals surface area (Å²) in [4.78, 5) is 30.0. The van der Waals surface area contributed by atoms with E-state index in [1.165, 1.54) is 22.8 Å². The highest BCUT2D eigenvalue weighted by Crippen LogP contribution is 2.52. The van der Waals surface area contributed by atoms with Gasteiger partial charge in [0.05, 0.1) is 6.61 Å². The minimum Gasteiger partial charge on any atom is -0.756 e. The number of hydrogen-bond acceptors (Lipinski definition) is 6. The van der Waals surface area contributed by atoms with Gasteiger partial charge in [0.15, 0.2) is 0 Å². The lowest BCUT2D eigenvalue weighted by molar-refractivity contribution is -0.240.